The van der Waals surface area contributed by atoms with Crippen LogP contribution in [0, 0.1) is 6.92 Å². The number of rotatable bonds is 6. The highest BCUT2D eigenvalue weighted by molar-refractivity contribution is 7.88. The first-order valence-electron chi connectivity index (χ1n) is 8.25. The number of amides is 1. The molecule has 0 spiro atoms. The molecule has 2 heterocycles. The summed E-state index contributed by atoms with van der Waals surface area (Å²) >= 11 is 0. The highest BCUT2D eigenvalue weighted by atomic mass is 32.2. The lowest BCUT2D eigenvalue weighted by Gasteiger charge is -2.34. The maximum Gasteiger partial charge on any atom is 0.260 e. The van der Waals surface area contributed by atoms with Crippen LogP contribution in [0.5, 0.6) is 5.75 Å². The quantitative estimate of drug-likeness (QED) is 0.799. The number of carbonyl (C=O) groups excluding carboxylic acids is 1. The van der Waals surface area contributed by atoms with Crippen molar-refractivity contribution >= 4 is 15.9 Å². The number of hydrogen-bond donors (Lipinski definition) is 1. The van der Waals surface area contributed by atoms with Crippen molar-refractivity contribution in [2.45, 2.75) is 19.5 Å². The number of aryl methyl sites for hydroxylation is 1. The minimum atomic E-state index is -3.31. The molecule has 0 bridgehead atoms. The van der Waals surface area contributed by atoms with Crippen molar-refractivity contribution in [2.24, 2.45) is 0 Å². The molecule has 26 heavy (non-hydrogen) atoms. The molecule has 8 nitrogen and oxygen atoms in total. The van der Waals surface area contributed by atoms with Crippen LogP contribution in [0.15, 0.2) is 36.8 Å². The van der Waals surface area contributed by atoms with Gasteiger partial charge in [0.25, 0.3) is 5.91 Å². The van der Waals surface area contributed by atoms with Crippen molar-refractivity contribution in [1.29, 1.82) is 0 Å². The number of hydrogen-bond acceptors (Lipinski definition) is 5. The van der Waals surface area contributed by atoms with E-state index in [0.29, 0.717) is 18.8 Å². The maximum atomic E-state index is 12.6. The van der Waals surface area contributed by atoms with E-state index in [9.17, 15) is 13.2 Å². The molecule has 1 amide bonds. The van der Waals surface area contributed by atoms with Gasteiger partial charge in [0.2, 0.25) is 10.0 Å². The Kier molecular flexibility index (Phi) is 5.28. The third kappa shape index (κ3) is 4.41. The molecule has 140 valence electrons. The van der Waals surface area contributed by atoms with Gasteiger partial charge in [-0.05, 0) is 18.6 Å². The van der Waals surface area contributed by atoms with E-state index in [1.165, 1.54) is 0 Å². The molecule has 0 fully saturated rings. The van der Waals surface area contributed by atoms with Crippen LogP contribution >= 0.6 is 0 Å². The highest BCUT2D eigenvalue weighted by Gasteiger charge is 2.28. The fourth-order valence-corrected chi connectivity index (χ4v) is 3.43. The van der Waals surface area contributed by atoms with Gasteiger partial charge < -0.3 is 14.2 Å². The molecule has 2 aromatic rings. The molecule has 1 unspecified atom stereocenters. The molecule has 1 aromatic heterocycles. The second-order valence-corrected chi connectivity index (χ2v) is 8.23. The fraction of sp³-hybridized carbons (Fsp3) is 0.412. The number of carbonyl (C=O) groups is 1. The lowest BCUT2D eigenvalue weighted by atomic mass is 10.2. The van der Waals surface area contributed by atoms with Crippen LogP contribution in [-0.4, -0.2) is 54.7 Å². The van der Waals surface area contributed by atoms with Crippen molar-refractivity contribution in [3.8, 4) is 5.75 Å². The maximum absolute atomic E-state index is 12.6. The van der Waals surface area contributed by atoms with Crippen molar-refractivity contribution in [2.75, 3.05) is 26.0 Å². The second kappa shape index (κ2) is 7.46. The number of aromatic nitrogens is 2. The molecule has 1 aromatic carbocycles. The lowest BCUT2D eigenvalue weighted by Crippen LogP contribution is -2.46. The summed E-state index contributed by atoms with van der Waals surface area (Å²) in [5.74, 6) is 0.531. The molecule has 1 aliphatic heterocycles. The van der Waals surface area contributed by atoms with Gasteiger partial charge in [0.1, 0.15) is 5.75 Å². The van der Waals surface area contributed by atoms with Gasteiger partial charge in [0.15, 0.2) is 6.61 Å². The first kappa shape index (κ1) is 18.4. The predicted octanol–water partition coefficient (Wildman–Crippen LogP) is 0.703. The fourth-order valence-electron chi connectivity index (χ4n) is 2.94. The van der Waals surface area contributed by atoms with Gasteiger partial charge in [-0.2, -0.15) is 0 Å². The Morgan fingerprint density at radius 2 is 2.15 bits per heavy atom. The monoisotopic (exact) mass is 378 g/mol. The minimum absolute atomic E-state index is 0.0643. The molecule has 1 atom stereocenters. The summed E-state index contributed by atoms with van der Waals surface area (Å²) in [6, 6.07) is 7.31. The van der Waals surface area contributed by atoms with E-state index < -0.39 is 10.0 Å². The van der Waals surface area contributed by atoms with Crippen LogP contribution in [0.4, 0.5) is 0 Å². The van der Waals surface area contributed by atoms with Crippen molar-refractivity contribution in [1.82, 2.24) is 19.2 Å². The Morgan fingerprint density at radius 3 is 2.88 bits per heavy atom. The van der Waals surface area contributed by atoms with E-state index >= 15 is 0 Å². The average Bonchev–Trinajstić information content (AvgIpc) is 3.06. The van der Waals surface area contributed by atoms with E-state index in [2.05, 4.69) is 9.71 Å². The van der Waals surface area contributed by atoms with Crippen LogP contribution in [0.3, 0.4) is 0 Å². The van der Waals surface area contributed by atoms with Crippen LogP contribution in [0.2, 0.25) is 0 Å². The van der Waals surface area contributed by atoms with Crippen LogP contribution in [0.1, 0.15) is 17.3 Å². The highest BCUT2D eigenvalue weighted by Crippen LogP contribution is 2.21. The van der Waals surface area contributed by atoms with Gasteiger partial charge in [-0.3, -0.25) is 4.79 Å². The number of sulfonamides is 1. The Hall–Kier alpha value is -2.39. The van der Waals surface area contributed by atoms with Crippen molar-refractivity contribution < 1.29 is 17.9 Å². The van der Waals surface area contributed by atoms with Crippen LogP contribution in [0.25, 0.3) is 0 Å². The topological polar surface area (TPSA) is 93.5 Å². The van der Waals surface area contributed by atoms with Gasteiger partial charge in [0, 0.05) is 19.3 Å². The number of imidazole rings is 1. The summed E-state index contributed by atoms with van der Waals surface area (Å²) in [5, 5.41) is 0. The zero-order valence-electron chi connectivity index (χ0n) is 14.8. The molecule has 1 aliphatic rings. The Labute approximate surface area is 152 Å². The normalized spacial score (nSPS) is 17.0. The third-order valence-electron chi connectivity index (χ3n) is 4.30. The average molecular weight is 378 g/mol. The number of fused-ring (bicyclic) bond motifs is 1. The summed E-state index contributed by atoms with van der Waals surface area (Å²) in [4.78, 5) is 18.4. The van der Waals surface area contributed by atoms with Crippen LogP contribution < -0.4 is 9.46 Å². The summed E-state index contributed by atoms with van der Waals surface area (Å²) in [5.41, 5.74) is 1.83. The van der Waals surface area contributed by atoms with E-state index in [-0.39, 0.29) is 25.1 Å². The first-order chi connectivity index (χ1) is 12.3. The molecule has 1 N–H and O–H groups in total. The summed E-state index contributed by atoms with van der Waals surface area (Å²) < 4.78 is 32.8. The van der Waals surface area contributed by atoms with E-state index in [1.54, 1.807) is 17.4 Å². The molecule has 0 aliphatic carbocycles. The Bertz CT molecular complexity index is 894. The molecular weight excluding hydrogens is 356 g/mol. The number of para-hydroxylation sites is 1. The van der Waals surface area contributed by atoms with E-state index in [0.717, 1.165) is 17.5 Å². The van der Waals surface area contributed by atoms with Gasteiger partial charge in [-0.15, -0.1) is 0 Å². The standard InChI is InChI=1S/C17H22N4O4S/c1-13-5-3-4-6-16(13)25-11-17(22)20-9-14-7-18-12-21(14)15(10-20)8-19-26(2,23)24/h3-7,12,15,19H,8-11H2,1-2H3. The zero-order valence-corrected chi connectivity index (χ0v) is 15.6. The molecular formula is C17H22N4O4S. The van der Waals surface area contributed by atoms with Crippen molar-refractivity contribution in [3.05, 3.63) is 48.0 Å². The first-order valence-corrected chi connectivity index (χ1v) is 10.1. The largest absolute Gasteiger partial charge is 0.484 e. The van der Waals surface area contributed by atoms with Gasteiger partial charge in [-0.25, -0.2) is 18.1 Å². The Balaban J connectivity index is 1.66. The van der Waals surface area contributed by atoms with Gasteiger partial charge in [-0.1, -0.05) is 18.2 Å². The number of nitrogens with one attached hydrogen (secondary N) is 1. The van der Waals surface area contributed by atoms with Crippen molar-refractivity contribution in [3.63, 3.8) is 0 Å². The minimum Gasteiger partial charge on any atom is -0.484 e. The van der Waals surface area contributed by atoms with Gasteiger partial charge in [0.05, 0.1) is 30.9 Å². The predicted molar refractivity (Wildman–Crippen MR) is 96.2 cm³/mol. The van der Waals surface area contributed by atoms with E-state index in [1.807, 2.05) is 35.8 Å². The molecule has 3 rings (SSSR count). The number of nitrogens with zero attached hydrogens (tertiary/aromatic N) is 3. The smallest absolute Gasteiger partial charge is 0.260 e. The summed E-state index contributed by atoms with van der Waals surface area (Å²) in [6.07, 6.45) is 4.47. The molecule has 0 saturated heterocycles. The number of benzene rings is 1. The SMILES string of the molecule is Cc1ccccc1OCC(=O)N1Cc2cncn2C(CNS(C)(=O)=O)C1. The molecule has 0 saturated carbocycles. The number of ether oxygens (including phenoxy) is 1. The van der Waals surface area contributed by atoms with Gasteiger partial charge >= 0.3 is 0 Å². The second-order valence-electron chi connectivity index (χ2n) is 6.40. The Morgan fingerprint density at radius 1 is 1.38 bits per heavy atom. The van der Waals surface area contributed by atoms with E-state index in [4.69, 9.17) is 4.74 Å². The summed E-state index contributed by atoms with van der Waals surface area (Å²) in [7, 11) is -3.31. The summed E-state index contributed by atoms with van der Waals surface area (Å²) in [6.45, 7) is 2.87. The zero-order chi connectivity index (χ0) is 18.7. The van der Waals surface area contributed by atoms with Crippen LogP contribution in [-0.2, 0) is 21.4 Å². The molecule has 9 heteroatoms. The third-order valence-corrected chi connectivity index (χ3v) is 4.99. The molecule has 0 radical (unpaired) electrons. The lowest BCUT2D eigenvalue weighted by molar-refractivity contribution is -0.135.